The fourth-order valence-corrected chi connectivity index (χ4v) is 3.64. The van der Waals surface area contributed by atoms with Gasteiger partial charge < -0.3 is 15.2 Å². The SMILES string of the molecule is COC(=O)Nc1nc2c3c(ccn3n1)C(c1ccc(O)cc1)Nc1ccccc1-2. The molecule has 3 heterocycles. The van der Waals surface area contributed by atoms with Gasteiger partial charge in [-0.25, -0.2) is 14.3 Å². The summed E-state index contributed by atoms with van der Waals surface area (Å²) in [5, 5.41) is 20.2. The first kappa shape index (κ1) is 17.1. The molecule has 0 fully saturated rings. The number of aromatic nitrogens is 3. The molecule has 1 atom stereocenters. The lowest BCUT2D eigenvalue weighted by Gasteiger charge is -2.19. The third-order valence-corrected chi connectivity index (χ3v) is 4.96. The minimum atomic E-state index is -0.633. The van der Waals surface area contributed by atoms with E-state index in [0.717, 1.165) is 27.9 Å². The van der Waals surface area contributed by atoms with Gasteiger partial charge >= 0.3 is 6.09 Å². The van der Waals surface area contributed by atoms with Crippen LogP contribution in [0.2, 0.25) is 0 Å². The maximum absolute atomic E-state index is 11.7. The largest absolute Gasteiger partial charge is 0.508 e. The zero-order valence-corrected chi connectivity index (χ0v) is 15.5. The monoisotopic (exact) mass is 387 g/mol. The van der Waals surface area contributed by atoms with Crippen LogP contribution in [0.1, 0.15) is 17.2 Å². The van der Waals surface area contributed by atoms with Crippen LogP contribution in [0.3, 0.4) is 0 Å². The molecule has 2 aromatic carbocycles. The van der Waals surface area contributed by atoms with Crippen LogP contribution in [0.15, 0.2) is 60.8 Å². The van der Waals surface area contributed by atoms with Crippen LogP contribution < -0.4 is 10.6 Å². The number of benzene rings is 2. The van der Waals surface area contributed by atoms with E-state index in [1.54, 1.807) is 16.6 Å². The summed E-state index contributed by atoms with van der Waals surface area (Å²) in [5.41, 5.74) is 5.34. The molecule has 5 rings (SSSR count). The number of rotatable bonds is 2. The molecule has 4 aromatic rings. The van der Waals surface area contributed by atoms with Gasteiger partial charge in [0.25, 0.3) is 5.95 Å². The Morgan fingerprint density at radius 1 is 1.17 bits per heavy atom. The number of aromatic hydroxyl groups is 1. The van der Waals surface area contributed by atoms with E-state index in [1.165, 1.54) is 7.11 Å². The Bertz CT molecular complexity index is 1230. The molecule has 8 nitrogen and oxygen atoms in total. The van der Waals surface area contributed by atoms with Gasteiger partial charge in [0, 0.05) is 23.0 Å². The average Bonchev–Trinajstić information content (AvgIpc) is 3.10. The number of hydrogen-bond acceptors (Lipinski definition) is 6. The first-order valence-electron chi connectivity index (χ1n) is 9.03. The molecule has 0 saturated carbocycles. The minimum Gasteiger partial charge on any atom is -0.508 e. The smallest absolute Gasteiger partial charge is 0.413 e. The number of nitrogens with one attached hydrogen (secondary N) is 2. The van der Waals surface area contributed by atoms with Crippen LogP contribution in [0.5, 0.6) is 5.75 Å². The summed E-state index contributed by atoms with van der Waals surface area (Å²) >= 11 is 0. The molecule has 2 aromatic heterocycles. The van der Waals surface area contributed by atoms with Crippen molar-refractivity contribution in [1.29, 1.82) is 0 Å². The highest BCUT2D eigenvalue weighted by Crippen LogP contribution is 2.41. The topological polar surface area (TPSA) is 101 Å². The number of phenolic OH excluding ortho intramolecular Hbond substituents is 1. The molecule has 0 aliphatic carbocycles. The minimum absolute atomic E-state index is 0.152. The highest BCUT2D eigenvalue weighted by Gasteiger charge is 2.27. The van der Waals surface area contributed by atoms with E-state index in [9.17, 15) is 9.90 Å². The summed E-state index contributed by atoms with van der Waals surface area (Å²) in [6.07, 6.45) is 1.20. The van der Waals surface area contributed by atoms with E-state index in [4.69, 9.17) is 0 Å². The second-order valence-electron chi connectivity index (χ2n) is 6.68. The Balaban J connectivity index is 1.76. The van der Waals surface area contributed by atoms with Crippen LogP contribution in [-0.2, 0) is 4.74 Å². The molecule has 0 radical (unpaired) electrons. The highest BCUT2D eigenvalue weighted by atomic mass is 16.5. The van der Waals surface area contributed by atoms with Crippen molar-refractivity contribution in [2.45, 2.75) is 6.04 Å². The van der Waals surface area contributed by atoms with Gasteiger partial charge in [0.1, 0.15) is 11.4 Å². The van der Waals surface area contributed by atoms with E-state index in [2.05, 4.69) is 25.5 Å². The molecule has 1 aliphatic heterocycles. The maximum atomic E-state index is 11.7. The number of methoxy groups -OCH3 is 1. The molecular formula is C21H17N5O3. The number of carbonyl (C=O) groups excluding carboxylic acids is 1. The van der Waals surface area contributed by atoms with Gasteiger partial charge in [0.05, 0.1) is 18.7 Å². The van der Waals surface area contributed by atoms with E-state index in [-0.39, 0.29) is 17.7 Å². The Hall–Kier alpha value is -4.07. The predicted octanol–water partition coefficient (Wildman–Crippen LogP) is 3.80. The zero-order chi connectivity index (χ0) is 20.0. The van der Waals surface area contributed by atoms with Gasteiger partial charge in [-0.05, 0) is 29.8 Å². The fraction of sp³-hybridized carbons (Fsp3) is 0.0952. The summed E-state index contributed by atoms with van der Waals surface area (Å²) in [6, 6.07) is 16.8. The summed E-state index contributed by atoms with van der Waals surface area (Å²) in [6.45, 7) is 0. The highest BCUT2D eigenvalue weighted by molar-refractivity contribution is 5.91. The van der Waals surface area contributed by atoms with Gasteiger partial charge in [-0.2, -0.15) is 0 Å². The Morgan fingerprint density at radius 2 is 1.97 bits per heavy atom. The van der Waals surface area contributed by atoms with Crippen LogP contribution in [0.25, 0.3) is 16.8 Å². The number of ether oxygens (including phenoxy) is 1. The van der Waals surface area contributed by atoms with Crippen LogP contribution in [-0.4, -0.2) is 32.9 Å². The van der Waals surface area contributed by atoms with E-state index in [1.807, 2.05) is 48.7 Å². The van der Waals surface area contributed by atoms with Crippen LogP contribution >= 0.6 is 0 Å². The number of fused-ring (bicyclic) bond motifs is 2. The van der Waals surface area contributed by atoms with Gasteiger partial charge in [-0.15, -0.1) is 5.10 Å². The summed E-state index contributed by atoms with van der Waals surface area (Å²) in [7, 11) is 1.29. The van der Waals surface area contributed by atoms with Crippen molar-refractivity contribution in [2.24, 2.45) is 0 Å². The predicted molar refractivity (Wildman–Crippen MR) is 108 cm³/mol. The van der Waals surface area contributed by atoms with Gasteiger partial charge in [0.2, 0.25) is 0 Å². The number of carbonyl (C=O) groups is 1. The molecule has 0 saturated heterocycles. The summed E-state index contributed by atoms with van der Waals surface area (Å²) in [5.74, 6) is 0.367. The normalized spacial score (nSPS) is 14.6. The molecule has 3 N–H and O–H groups in total. The number of amides is 1. The summed E-state index contributed by atoms with van der Waals surface area (Å²) < 4.78 is 6.37. The third kappa shape index (κ3) is 2.82. The van der Waals surface area contributed by atoms with E-state index >= 15 is 0 Å². The Morgan fingerprint density at radius 3 is 2.76 bits per heavy atom. The molecule has 8 heteroatoms. The van der Waals surface area contributed by atoms with Crippen molar-refractivity contribution in [3.63, 3.8) is 0 Å². The zero-order valence-electron chi connectivity index (χ0n) is 15.5. The lowest BCUT2D eigenvalue weighted by atomic mass is 9.99. The Kier molecular flexibility index (Phi) is 3.83. The standard InChI is InChI=1S/C21H17N5O3/c1-29-21(28)24-20-23-18-14-4-2-3-5-16(14)22-17(12-6-8-13(27)9-7-12)15-10-11-26(25-20)19(15)18/h2-11,17,22,27H,1H3,(H,24,25,28). The summed E-state index contributed by atoms with van der Waals surface area (Å²) in [4.78, 5) is 16.3. The van der Waals surface area contributed by atoms with Gasteiger partial charge in [-0.3, -0.25) is 5.32 Å². The van der Waals surface area contributed by atoms with Crippen molar-refractivity contribution in [2.75, 3.05) is 17.7 Å². The first-order valence-corrected chi connectivity index (χ1v) is 9.03. The molecule has 1 aliphatic rings. The number of para-hydroxylation sites is 1. The number of phenols is 1. The number of anilines is 2. The van der Waals surface area contributed by atoms with Crippen LogP contribution in [0.4, 0.5) is 16.4 Å². The fourth-order valence-electron chi connectivity index (χ4n) is 3.64. The quantitative estimate of drug-likeness (QED) is 0.484. The third-order valence-electron chi connectivity index (χ3n) is 4.96. The molecule has 29 heavy (non-hydrogen) atoms. The second-order valence-corrected chi connectivity index (χ2v) is 6.68. The average molecular weight is 387 g/mol. The lowest BCUT2D eigenvalue weighted by molar-refractivity contribution is 0.186. The molecule has 1 unspecified atom stereocenters. The van der Waals surface area contributed by atoms with Crippen LogP contribution in [0, 0.1) is 0 Å². The van der Waals surface area contributed by atoms with Gasteiger partial charge in [0.15, 0.2) is 0 Å². The molecule has 1 amide bonds. The maximum Gasteiger partial charge on any atom is 0.413 e. The second kappa shape index (κ2) is 6.52. The van der Waals surface area contributed by atoms with Crippen molar-refractivity contribution in [1.82, 2.24) is 14.6 Å². The molecule has 144 valence electrons. The number of hydrogen-bond donors (Lipinski definition) is 3. The Labute approximate surface area is 165 Å². The number of nitrogens with zero attached hydrogens (tertiary/aromatic N) is 3. The van der Waals surface area contributed by atoms with Gasteiger partial charge in [-0.1, -0.05) is 30.3 Å². The van der Waals surface area contributed by atoms with Crippen molar-refractivity contribution in [3.05, 3.63) is 71.9 Å². The lowest BCUT2D eigenvalue weighted by Crippen LogP contribution is -2.15. The molecule has 0 spiro atoms. The van der Waals surface area contributed by atoms with Crippen molar-refractivity contribution >= 4 is 23.2 Å². The van der Waals surface area contributed by atoms with E-state index in [0.29, 0.717) is 5.69 Å². The van der Waals surface area contributed by atoms with Crippen molar-refractivity contribution < 1.29 is 14.6 Å². The van der Waals surface area contributed by atoms with E-state index < -0.39 is 6.09 Å². The van der Waals surface area contributed by atoms with Crippen molar-refractivity contribution in [3.8, 4) is 17.0 Å². The molecular weight excluding hydrogens is 370 g/mol. The molecule has 0 bridgehead atoms. The first-order chi connectivity index (χ1) is 14.1.